The molecule has 106 valence electrons. The highest BCUT2D eigenvalue weighted by Crippen LogP contribution is 2.25. The van der Waals surface area contributed by atoms with Crippen LogP contribution in [0.4, 0.5) is 4.39 Å². The first-order chi connectivity index (χ1) is 9.20. The van der Waals surface area contributed by atoms with Gasteiger partial charge in [0, 0.05) is 34.5 Å². The van der Waals surface area contributed by atoms with Gasteiger partial charge < -0.3 is 0 Å². The first-order valence-electron chi connectivity index (χ1n) is 6.94. The summed E-state index contributed by atoms with van der Waals surface area (Å²) in [6.45, 7) is 1.69. The van der Waals surface area contributed by atoms with E-state index in [4.69, 9.17) is 0 Å². The van der Waals surface area contributed by atoms with E-state index in [2.05, 4.69) is 36.8 Å². The zero-order valence-electron chi connectivity index (χ0n) is 11.0. The summed E-state index contributed by atoms with van der Waals surface area (Å²) in [5.74, 6) is -0.0985. The lowest BCUT2D eigenvalue weighted by Crippen LogP contribution is -2.37. The maximum absolute atomic E-state index is 13.9. The number of nitrogens with zero attached hydrogens (tertiary/aromatic N) is 1. The van der Waals surface area contributed by atoms with Crippen LogP contribution in [-0.2, 0) is 6.54 Å². The third-order valence-corrected chi connectivity index (χ3v) is 4.69. The van der Waals surface area contributed by atoms with Gasteiger partial charge in [-0.1, -0.05) is 51.1 Å². The molecule has 1 fully saturated rings. The van der Waals surface area contributed by atoms with Gasteiger partial charge in [-0.05, 0) is 31.0 Å². The molecule has 0 heterocycles. The second-order valence-corrected chi connectivity index (χ2v) is 6.90. The van der Waals surface area contributed by atoms with Crippen LogP contribution in [0.5, 0.6) is 0 Å². The molecular weight excluding hydrogens is 373 g/mol. The largest absolute Gasteiger partial charge is 0.295 e. The molecule has 1 aromatic carbocycles. The van der Waals surface area contributed by atoms with Crippen molar-refractivity contribution in [1.29, 1.82) is 0 Å². The van der Waals surface area contributed by atoms with E-state index >= 15 is 0 Å². The molecule has 1 aliphatic rings. The summed E-state index contributed by atoms with van der Waals surface area (Å²) in [5.41, 5.74) is 0.792. The van der Waals surface area contributed by atoms with E-state index in [1.165, 1.54) is 32.1 Å². The van der Waals surface area contributed by atoms with Gasteiger partial charge in [0.05, 0.1) is 0 Å². The molecule has 4 heteroatoms. The van der Waals surface area contributed by atoms with Crippen molar-refractivity contribution < 1.29 is 4.39 Å². The molecule has 0 amide bonds. The summed E-state index contributed by atoms with van der Waals surface area (Å²) in [5, 5.41) is 0.944. The lowest BCUT2D eigenvalue weighted by molar-refractivity contribution is 0.156. The van der Waals surface area contributed by atoms with Crippen molar-refractivity contribution >= 4 is 31.9 Å². The quantitative estimate of drug-likeness (QED) is 0.628. The van der Waals surface area contributed by atoms with Crippen molar-refractivity contribution in [2.24, 2.45) is 0 Å². The fraction of sp³-hybridized carbons (Fsp3) is 0.600. The molecule has 0 bridgehead atoms. The van der Waals surface area contributed by atoms with E-state index in [1.807, 2.05) is 6.07 Å². The van der Waals surface area contributed by atoms with Crippen LogP contribution in [0.15, 0.2) is 22.7 Å². The Kier molecular flexibility index (Phi) is 6.30. The van der Waals surface area contributed by atoms with Gasteiger partial charge in [0.1, 0.15) is 5.82 Å². The van der Waals surface area contributed by atoms with Crippen LogP contribution < -0.4 is 0 Å². The van der Waals surface area contributed by atoms with E-state index in [-0.39, 0.29) is 5.82 Å². The predicted molar refractivity (Wildman–Crippen MR) is 85.2 cm³/mol. The summed E-state index contributed by atoms with van der Waals surface area (Å²) < 4.78 is 14.8. The molecule has 1 nitrogen and oxygen atoms in total. The van der Waals surface area contributed by atoms with Gasteiger partial charge in [-0.2, -0.15) is 0 Å². The summed E-state index contributed by atoms with van der Waals surface area (Å²) in [4.78, 5) is 2.43. The summed E-state index contributed by atoms with van der Waals surface area (Å²) in [7, 11) is 0. The highest BCUT2D eigenvalue weighted by Gasteiger charge is 2.21. The minimum Gasteiger partial charge on any atom is -0.295 e. The number of alkyl halides is 1. The fourth-order valence-electron chi connectivity index (χ4n) is 2.83. The number of hydrogen-bond acceptors (Lipinski definition) is 1. The molecule has 0 atom stereocenters. The lowest BCUT2D eigenvalue weighted by atomic mass is 9.94. The Labute approximate surface area is 131 Å². The number of halogens is 3. The van der Waals surface area contributed by atoms with Crippen LogP contribution in [0.25, 0.3) is 0 Å². The molecule has 0 N–H and O–H groups in total. The van der Waals surface area contributed by atoms with E-state index in [9.17, 15) is 4.39 Å². The van der Waals surface area contributed by atoms with Crippen LogP contribution in [0.2, 0.25) is 0 Å². The van der Waals surface area contributed by atoms with Crippen LogP contribution >= 0.6 is 31.9 Å². The van der Waals surface area contributed by atoms with Crippen molar-refractivity contribution in [3.8, 4) is 0 Å². The van der Waals surface area contributed by atoms with Gasteiger partial charge in [-0.15, -0.1) is 0 Å². The molecular formula is C15H20Br2FN. The highest BCUT2D eigenvalue weighted by molar-refractivity contribution is 9.10. The van der Waals surface area contributed by atoms with Gasteiger partial charge in [-0.25, -0.2) is 4.39 Å². The van der Waals surface area contributed by atoms with Crippen LogP contribution in [0.1, 0.15) is 37.7 Å². The molecule has 0 aliphatic heterocycles. The minimum absolute atomic E-state index is 0.0985. The van der Waals surface area contributed by atoms with Crippen molar-refractivity contribution in [3.05, 3.63) is 34.1 Å². The number of benzene rings is 1. The molecule has 0 unspecified atom stereocenters. The normalized spacial score (nSPS) is 17.1. The number of rotatable bonds is 5. The lowest BCUT2D eigenvalue weighted by Gasteiger charge is -2.34. The maximum atomic E-state index is 13.9. The number of hydrogen-bond donors (Lipinski definition) is 0. The molecule has 0 spiro atoms. The van der Waals surface area contributed by atoms with Crippen LogP contribution in [0.3, 0.4) is 0 Å². The first-order valence-corrected chi connectivity index (χ1v) is 8.86. The standard InChI is InChI=1S/C15H20Br2FN/c16-8-9-19(14-4-2-1-3-5-14)11-12-10-13(17)6-7-15(12)18/h6-7,10,14H,1-5,8-9,11H2. The van der Waals surface area contributed by atoms with Crippen molar-refractivity contribution in [1.82, 2.24) is 4.90 Å². The average molecular weight is 393 g/mol. The smallest absolute Gasteiger partial charge is 0.127 e. The molecule has 19 heavy (non-hydrogen) atoms. The van der Waals surface area contributed by atoms with E-state index in [1.54, 1.807) is 12.1 Å². The molecule has 2 rings (SSSR count). The first kappa shape index (κ1) is 15.5. The van der Waals surface area contributed by atoms with Gasteiger partial charge in [0.15, 0.2) is 0 Å². The zero-order chi connectivity index (χ0) is 13.7. The Morgan fingerprint density at radius 1 is 1.21 bits per heavy atom. The molecule has 0 saturated heterocycles. The zero-order valence-corrected chi connectivity index (χ0v) is 14.2. The van der Waals surface area contributed by atoms with Gasteiger partial charge >= 0.3 is 0 Å². The minimum atomic E-state index is -0.0985. The highest BCUT2D eigenvalue weighted by atomic mass is 79.9. The Bertz CT molecular complexity index is 405. The average Bonchev–Trinajstić information content (AvgIpc) is 2.43. The second kappa shape index (κ2) is 7.75. The van der Waals surface area contributed by atoms with E-state index in [0.29, 0.717) is 12.6 Å². The topological polar surface area (TPSA) is 3.24 Å². The summed E-state index contributed by atoms with van der Waals surface area (Å²) >= 11 is 6.95. The van der Waals surface area contributed by atoms with Crippen molar-refractivity contribution in [3.63, 3.8) is 0 Å². The van der Waals surface area contributed by atoms with Gasteiger partial charge in [0.2, 0.25) is 0 Å². The maximum Gasteiger partial charge on any atom is 0.127 e. The van der Waals surface area contributed by atoms with Gasteiger partial charge in [0.25, 0.3) is 0 Å². The van der Waals surface area contributed by atoms with Crippen LogP contribution in [-0.4, -0.2) is 22.8 Å². The van der Waals surface area contributed by atoms with Crippen molar-refractivity contribution in [2.45, 2.75) is 44.7 Å². The molecule has 1 saturated carbocycles. The van der Waals surface area contributed by atoms with Crippen molar-refractivity contribution in [2.75, 3.05) is 11.9 Å². The molecule has 1 aromatic rings. The third-order valence-electron chi connectivity index (χ3n) is 3.84. The Morgan fingerprint density at radius 3 is 2.63 bits per heavy atom. The predicted octanol–water partition coefficient (Wildman–Crippen LogP) is 5.12. The second-order valence-electron chi connectivity index (χ2n) is 5.19. The summed E-state index contributed by atoms with van der Waals surface area (Å²) in [6, 6.07) is 5.82. The van der Waals surface area contributed by atoms with Gasteiger partial charge in [-0.3, -0.25) is 4.90 Å². The van der Waals surface area contributed by atoms with Crippen LogP contribution in [0, 0.1) is 5.82 Å². The summed E-state index contributed by atoms with van der Waals surface area (Å²) in [6.07, 6.45) is 6.48. The Balaban J connectivity index is 2.08. The SMILES string of the molecule is Fc1ccc(Br)cc1CN(CCBr)C1CCCCC1. The molecule has 1 aliphatic carbocycles. The fourth-order valence-corrected chi connectivity index (χ4v) is 3.69. The monoisotopic (exact) mass is 391 g/mol. The molecule has 0 radical (unpaired) electrons. The Hall–Kier alpha value is 0.0700. The third kappa shape index (κ3) is 4.54. The molecule has 0 aromatic heterocycles. The van der Waals surface area contributed by atoms with E-state index < -0.39 is 0 Å². The van der Waals surface area contributed by atoms with E-state index in [0.717, 1.165) is 21.9 Å². The Morgan fingerprint density at radius 2 is 1.95 bits per heavy atom.